The molecule has 0 unspecified atom stereocenters. The zero-order valence-corrected chi connectivity index (χ0v) is 14.0. The molecule has 4 nitrogen and oxygen atoms in total. The third kappa shape index (κ3) is 5.23. The number of carbonyl (C=O) groups is 1. The first-order valence-corrected chi connectivity index (χ1v) is 8.32. The van der Waals surface area contributed by atoms with E-state index in [0.29, 0.717) is 5.56 Å². The first-order valence-electron chi connectivity index (χ1n) is 8.32. The van der Waals surface area contributed by atoms with E-state index < -0.39 is 6.36 Å². The van der Waals surface area contributed by atoms with E-state index in [1.807, 2.05) is 18.2 Å². The molecule has 0 bridgehead atoms. The SMILES string of the molecule is O=C(N[C@H]1CCN(Cc2ccccc2)C1)c1ccc(OC(F)(F)F)cc1. The number of ether oxygens (including phenoxy) is 1. The lowest BCUT2D eigenvalue weighted by Crippen LogP contribution is -2.36. The number of nitrogens with one attached hydrogen (secondary N) is 1. The number of hydrogen-bond donors (Lipinski definition) is 1. The Kier molecular flexibility index (Phi) is 5.46. The fourth-order valence-corrected chi connectivity index (χ4v) is 3.01. The smallest absolute Gasteiger partial charge is 0.406 e. The molecule has 0 radical (unpaired) electrons. The Balaban J connectivity index is 1.50. The highest BCUT2D eigenvalue weighted by Crippen LogP contribution is 2.23. The first-order chi connectivity index (χ1) is 12.4. The van der Waals surface area contributed by atoms with Gasteiger partial charge in [-0.05, 0) is 36.2 Å². The summed E-state index contributed by atoms with van der Waals surface area (Å²) in [6.07, 6.45) is -3.90. The maximum Gasteiger partial charge on any atom is 0.573 e. The predicted molar refractivity (Wildman–Crippen MR) is 90.7 cm³/mol. The molecule has 2 aromatic carbocycles. The molecular weight excluding hydrogens is 345 g/mol. The summed E-state index contributed by atoms with van der Waals surface area (Å²) in [4.78, 5) is 14.5. The lowest BCUT2D eigenvalue weighted by molar-refractivity contribution is -0.274. The number of nitrogens with zero attached hydrogens (tertiary/aromatic N) is 1. The maximum atomic E-state index is 12.3. The minimum Gasteiger partial charge on any atom is -0.406 e. The zero-order chi connectivity index (χ0) is 18.6. The topological polar surface area (TPSA) is 41.6 Å². The Morgan fingerprint density at radius 2 is 1.81 bits per heavy atom. The summed E-state index contributed by atoms with van der Waals surface area (Å²) in [5.41, 5.74) is 1.53. The van der Waals surface area contributed by atoms with Crippen LogP contribution in [0.4, 0.5) is 13.2 Å². The highest BCUT2D eigenvalue weighted by atomic mass is 19.4. The van der Waals surface area contributed by atoms with Crippen LogP contribution in [0.3, 0.4) is 0 Å². The van der Waals surface area contributed by atoms with Gasteiger partial charge in [-0.3, -0.25) is 9.69 Å². The van der Waals surface area contributed by atoms with Crippen molar-refractivity contribution in [2.75, 3.05) is 13.1 Å². The molecule has 3 rings (SSSR count). The standard InChI is InChI=1S/C19H19F3N2O2/c20-19(21,22)26-17-8-6-15(7-9-17)18(25)23-16-10-11-24(13-16)12-14-4-2-1-3-5-14/h1-9,16H,10-13H2,(H,23,25)/t16-/m0/s1. The van der Waals surface area contributed by atoms with Gasteiger partial charge in [0.15, 0.2) is 0 Å². The van der Waals surface area contributed by atoms with Gasteiger partial charge in [0, 0.05) is 31.2 Å². The van der Waals surface area contributed by atoms with Gasteiger partial charge in [0.1, 0.15) is 5.75 Å². The fraction of sp³-hybridized carbons (Fsp3) is 0.316. The van der Waals surface area contributed by atoms with Gasteiger partial charge >= 0.3 is 6.36 Å². The number of likely N-dealkylation sites (tertiary alicyclic amines) is 1. The van der Waals surface area contributed by atoms with E-state index in [-0.39, 0.29) is 17.7 Å². The van der Waals surface area contributed by atoms with E-state index in [2.05, 4.69) is 27.1 Å². The zero-order valence-electron chi connectivity index (χ0n) is 14.0. The van der Waals surface area contributed by atoms with Crippen LogP contribution in [-0.2, 0) is 6.54 Å². The van der Waals surface area contributed by atoms with Crippen molar-refractivity contribution in [2.24, 2.45) is 0 Å². The van der Waals surface area contributed by atoms with E-state index in [4.69, 9.17) is 0 Å². The minimum atomic E-state index is -4.74. The maximum absolute atomic E-state index is 12.3. The number of carbonyl (C=O) groups excluding carboxylic acids is 1. The molecule has 1 aliphatic heterocycles. The van der Waals surface area contributed by atoms with Gasteiger partial charge in [0.05, 0.1) is 0 Å². The van der Waals surface area contributed by atoms with Gasteiger partial charge in [-0.15, -0.1) is 13.2 Å². The Bertz CT molecular complexity index is 733. The van der Waals surface area contributed by atoms with Crippen LogP contribution in [0.15, 0.2) is 54.6 Å². The Hall–Kier alpha value is -2.54. The summed E-state index contributed by atoms with van der Waals surface area (Å²) < 4.78 is 40.3. The lowest BCUT2D eigenvalue weighted by Gasteiger charge is -2.17. The average molecular weight is 364 g/mol. The van der Waals surface area contributed by atoms with Crippen LogP contribution in [0, 0.1) is 0 Å². The second kappa shape index (κ2) is 7.78. The van der Waals surface area contributed by atoms with Crippen LogP contribution in [0.2, 0.25) is 0 Å². The van der Waals surface area contributed by atoms with Gasteiger partial charge < -0.3 is 10.1 Å². The molecule has 7 heteroatoms. The van der Waals surface area contributed by atoms with Crippen LogP contribution in [-0.4, -0.2) is 36.3 Å². The molecule has 0 spiro atoms. The van der Waals surface area contributed by atoms with Crippen molar-refractivity contribution in [3.05, 3.63) is 65.7 Å². The van der Waals surface area contributed by atoms with Crippen LogP contribution < -0.4 is 10.1 Å². The summed E-state index contributed by atoms with van der Waals surface area (Å²) in [5, 5.41) is 2.93. The first kappa shape index (κ1) is 18.3. The summed E-state index contributed by atoms with van der Waals surface area (Å²) >= 11 is 0. The average Bonchev–Trinajstić information content (AvgIpc) is 3.02. The summed E-state index contributed by atoms with van der Waals surface area (Å²) in [7, 11) is 0. The van der Waals surface area contributed by atoms with Crippen molar-refractivity contribution in [2.45, 2.75) is 25.4 Å². The van der Waals surface area contributed by atoms with Crippen LogP contribution in [0.25, 0.3) is 0 Å². The lowest BCUT2D eigenvalue weighted by atomic mass is 10.2. The summed E-state index contributed by atoms with van der Waals surface area (Å²) in [5.74, 6) is -0.640. The quantitative estimate of drug-likeness (QED) is 0.882. The second-order valence-electron chi connectivity index (χ2n) is 6.25. The van der Waals surface area contributed by atoms with Gasteiger partial charge in [-0.2, -0.15) is 0 Å². The Morgan fingerprint density at radius 1 is 1.12 bits per heavy atom. The highest BCUT2D eigenvalue weighted by molar-refractivity contribution is 5.94. The van der Waals surface area contributed by atoms with Gasteiger partial charge in [-0.1, -0.05) is 30.3 Å². The largest absolute Gasteiger partial charge is 0.573 e. The molecule has 1 saturated heterocycles. The van der Waals surface area contributed by atoms with Gasteiger partial charge in [-0.25, -0.2) is 0 Å². The third-order valence-electron chi connectivity index (χ3n) is 4.21. The molecule has 0 saturated carbocycles. The van der Waals surface area contributed by atoms with E-state index in [1.165, 1.54) is 17.7 Å². The van der Waals surface area contributed by atoms with Crippen molar-refractivity contribution in [1.29, 1.82) is 0 Å². The van der Waals surface area contributed by atoms with Crippen molar-refractivity contribution in [3.8, 4) is 5.75 Å². The molecule has 1 heterocycles. The summed E-state index contributed by atoms with van der Waals surface area (Å²) in [6, 6.07) is 15.1. The number of amides is 1. The molecular formula is C19H19F3N2O2. The third-order valence-corrected chi connectivity index (χ3v) is 4.21. The normalized spacial score (nSPS) is 17.9. The molecule has 1 aliphatic rings. The van der Waals surface area contributed by atoms with Gasteiger partial charge in [0.25, 0.3) is 5.91 Å². The molecule has 0 aromatic heterocycles. The van der Waals surface area contributed by atoms with Crippen molar-refractivity contribution in [1.82, 2.24) is 10.2 Å². The predicted octanol–water partition coefficient (Wildman–Crippen LogP) is 3.59. The molecule has 1 fully saturated rings. The molecule has 2 aromatic rings. The number of alkyl halides is 3. The Labute approximate surface area is 149 Å². The van der Waals surface area contributed by atoms with Crippen molar-refractivity contribution >= 4 is 5.91 Å². The Morgan fingerprint density at radius 3 is 2.46 bits per heavy atom. The number of halogens is 3. The molecule has 26 heavy (non-hydrogen) atoms. The monoisotopic (exact) mass is 364 g/mol. The van der Waals surface area contributed by atoms with Crippen LogP contribution >= 0.6 is 0 Å². The molecule has 1 atom stereocenters. The highest BCUT2D eigenvalue weighted by Gasteiger charge is 2.31. The van der Waals surface area contributed by atoms with E-state index >= 15 is 0 Å². The van der Waals surface area contributed by atoms with Crippen molar-refractivity contribution < 1.29 is 22.7 Å². The van der Waals surface area contributed by atoms with E-state index in [1.54, 1.807) is 0 Å². The van der Waals surface area contributed by atoms with Gasteiger partial charge in [0.2, 0.25) is 0 Å². The van der Waals surface area contributed by atoms with E-state index in [0.717, 1.165) is 38.2 Å². The number of rotatable bonds is 5. The molecule has 1 N–H and O–H groups in total. The number of benzene rings is 2. The summed E-state index contributed by atoms with van der Waals surface area (Å²) in [6.45, 7) is 2.46. The van der Waals surface area contributed by atoms with Crippen LogP contribution in [0.5, 0.6) is 5.75 Å². The van der Waals surface area contributed by atoms with Crippen molar-refractivity contribution in [3.63, 3.8) is 0 Å². The fourth-order valence-electron chi connectivity index (χ4n) is 3.01. The second-order valence-corrected chi connectivity index (χ2v) is 6.25. The molecule has 138 valence electrons. The molecule has 1 amide bonds. The van der Waals surface area contributed by atoms with Crippen LogP contribution in [0.1, 0.15) is 22.3 Å². The minimum absolute atomic E-state index is 0.0253. The van der Waals surface area contributed by atoms with E-state index in [9.17, 15) is 18.0 Å². The molecule has 0 aliphatic carbocycles. The number of hydrogen-bond acceptors (Lipinski definition) is 3.